The first-order valence-electron chi connectivity index (χ1n) is 13.3. The smallest absolute Gasteiger partial charge is 0.274 e. The third-order valence-electron chi connectivity index (χ3n) is 7.15. The van der Waals surface area contributed by atoms with E-state index in [4.69, 9.17) is 14.2 Å². The molecule has 4 rings (SSSR count). The van der Waals surface area contributed by atoms with Gasteiger partial charge >= 0.3 is 0 Å². The second-order valence-electron chi connectivity index (χ2n) is 9.68. The molecule has 9 heteroatoms. The van der Waals surface area contributed by atoms with Crippen molar-refractivity contribution in [2.45, 2.75) is 20.5 Å². The van der Waals surface area contributed by atoms with Crippen molar-refractivity contribution in [2.75, 3.05) is 26.6 Å². The van der Waals surface area contributed by atoms with E-state index in [0.717, 1.165) is 22.3 Å². The minimum absolute atomic E-state index is 0.149. The molecule has 0 saturated carbocycles. The average molecular weight is 583 g/mol. The zero-order valence-corrected chi connectivity index (χ0v) is 24.5. The van der Waals surface area contributed by atoms with Gasteiger partial charge in [-0.1, -0.05) is 30.3 Å². The zero-order valence-electron chi connectivity index (χ0n) is 24.5. The maximum Gasteiger partial charge on any atom is 0.274 e. The predicted octanol–water partition coefficient (Wildman–Crippen LogP) is 6.87. The average Bonchev–Trinajstić information content (AvgIpc) is 3.02. The lowest BCUT2D eigenvalue weighted by Gasteiger charge is -2.16. The summed E-state index contributed by atoms with van der Waals surface area (Å²) in [5, 5.41) is 2.91. The molecular weight excluding hydrogens is 551 g/mol. The van der Waals surface area contributed by atoms with Crippen LogP contribution in [0.4, 0.5) is 10.1 Å². The number of nitrogens with zero attached hydrogens (tertiary/aromatic N) is 1. The van der Waals surface area contributed by atoms with Crippen molar-refractivity contribution < 1.29 is 33.0 Å². The number of aromatic nitrogens is 1. The number of rotatable bonds is 11. The molecule has 220 valence electrons. The lowest BCUT2D eigenvalue weighted by molar-refractivity contribution is 0.101. The van der Waals surface area contributed by atoms with E-state index in [-0.39, 0.29) is 34.9 Å². The molecule has 0 aliphatic rings. The molecule has 0 bridgehead atoms. The number of anilines is 1. The van der Waals surface area contributed by atoms with Crippen LogP contribution in [-0.4, -0.2) is 44.8 Å². The Bertz CT molecular complexity index is 1710. The van der Waals surface area contributed by atoms with Crippen molar-refractivity contribution in [1.82, 2.24) is 4.98 Å². The summed E-state index contributed by atoms with van der Waals surface area (Å²) in [5.74, 6) is -0.555. The van der Waals surface area contributed by atoms with Gasteiger partial charge in [-0.3, -0.25) is 19.4 Å². The Labute approximate surface area is 249 Å². The Hall–Kier alpha value is -5.15. The highest BCUT2D eigenvalue weighted by molar-refractivity contribution is 6.04. The van der Waals surface area contributed by atoms with Crippen molar-refractivity contribution in [1.29, 1.82) is 0 Å². The highest BCUT2D eigenvalue weighted by Crippen LogP contribution is 2.36. The fourth-order valence-electron chi connectivity index (χ4n) is 4.78. The van der Waals surface area contributed by atoms with E-state index in [1.165, 1.54) is 51.8 Å². The van der Waals surface area contributed by atoms with Gasteiger partial charge in [-0.25, -0.2) is 4.39 Å². The summed E-state index contributed by atoms with van der Waals surface area (Å²) >= 11 is 0. The summed E-state index contributed by atoms with van der Waals surface area (Å²) in [6.07, 6.45) is 4.05. The van der Waals surface area contributed by atoms with E-state index in [9.17, 15) is 14.4 Å². The number of amides is 1. The molecule has 0 aliphatic carbocycles. The van der Waals surface area contributed by atoms with Crippen LogP contribution >= 0.6 is 0 Å². The molecule has 0 spiro atoms. The molecule has 0 aliphatic heterocycles. The molecule has 1 N–H and O–H groups in total. The van der Waals surface area contributed by atoms with Crippen molar-refractivity contribution in [3.8, 4) is 22.6 Å². The molecule has 1 amide bonds. The van der Waals surface area contributed by atoms with Crippen molar-refractivity contribution in [3.05, 3.63) is 105 Å². The van der Waals surface area contributed by atoms with Crippen LogP contribution in [0.1, 0.15) is 59.0 Å². The Kier molecular flexibility index (Phi) is 9.80. The van der Waals surface area contributed by atoms with Crippen molar-refractivity contribution in [2.24, 2.45) is 0 Å². The van der Waals surface area contributed by atoms with Crippen molar-refractivity contribution >= 4 is 36.1 Å². The van der Waals surface area contributed by atoms with E-state index in [1.54, 1.807) is 12.1 Å². The Morgan fingerprint density at radius 1 is 0.884 bits per heavy atom. The molecule has 1 heterocycles. The number of halogens is 1. The van der Waals surface area contributed by atoms with Gasteiger partial charge in [0.25, 0.3) is 5.91 Å². The summed E-state index contributed by atoms with van der Waals surface area (Å²) in [4.78, 5) is 40.0. The van der Waals surface area contributed by atoms with Crippen LogP contribution in [0.15, 0.2) is 60.8 Å². The van der Waals surface area contributed by atoms with Gasteiger partial charge in [0.15, 0.2) is 12.6 Å². The molecule has 0 atom stereocenters. The number of ether oxygens (including phenoxy) is 3. The maximum absolute atomic E-state index is 15.6. The largest absolute Gasteiger partial charge is 0.496 e. The normalized spacial score (nSPS) is 11.2. The molecule has 4 aromatic rings. The van der Waals surface area contributed by atoms with E-state index < -0.39 is 11.7 Å². The number of carbonyl (C=O) groups excluding carboxylic acids is 3. The first kappa shape index (κ1) is 30.8. The number of benzene rings is 3. The minimum Gasteiger partial charge on any atom is -0.496 e. The van der Waals surface area contributed by atoms with Crippen LogP contribution in [0.25, 0.3) is 23.0 Å². The second kappa shape index (κ2) is 13.7. The number of nitrogens with one attached hydrogen (secondary N) is 1. The van der Waals surface area contributed by atoms with Crippen LogP contribution in [0.5, 0.6) is 11.5 Å². The highest BCUT2D eigenvalue weighted by atomic mass is 19.1. The summed E-state index contributed by atoms with van der Waals surface area (Å²) in [6.45, 7) is 3.95. The summed E-state index contributed by atoms with van der Waals surface area (Å²) in [6, 6.07) is 15.5. The lowest BCUT2D eigenvalue weighted by Crippen LogP contribution is -2.15. The summed E-state index contributed by atoms with van der Waals surface area (Å²) in [5.41, 5.74) is 6.04. The van der Waals surface area contributed by atoms with E-state index in [1.807, 2.05) is 38.1 Å². The number of methoxy groups -OCH3 is 3. The van der Waals surface area contributed by atoms with Crippen LogP contribution in [0, 0.1) is 13.8 Å². The third-order valence-corrected chi connectivity index (χ3v) is 7.15. The Balaban J connectivity index is 1.67. The van der Waals surface area contributed by atoms with Crippen LogP contribution < -0.4 is 14.8 Å². The minimum atomic E-state index is -0.534. The lowest BCUT2D eigenvalue weighted by atomic mass is 9.92. The van der Waals surface area contributed by atoms with Crippen LogP contribution in [-0.2, 0) is 11.3 Å². The van der Waals surface area contributed by atoms with Gasteiger partial charge in [0.05, 0.1) is 26.4 Å². The van der Waals surface area contributed by atoms with Gasteiger partial charge in [0.1, 0.15) is 23.0 Å². The SMILES string of the molecule is COCc1cc(C(=O)Nc2cccc(-c3cccc(/C=C(\F)c4cc(OC)c(C=O)c(OC)c4)c3C)c2C)ncc1C=O. The fraction of sp³-hybridized carbons (Fsp3) is 0.176. The fourth-order valence-corrected chi connectivity index (χ4v) is 4.78. The molecule has 1 aromatic heterocycles. The predicted molar refractivity (Wildman–Crippen MR) is 164 cm³/mol. The molecule has 0 saturated heterocycles. The van der Waals surface area contributed by atoms with Crippen LogP contribution in [0.2, 0.25) is 0 Å². The Morgan fingerprint density at radius 3 is 2.14 bits per heavy atom. The van der Waals surface area contributed by atoms with E-state index >= 15 is 4.39 Å². The monoisotopic (exact) mass is 582 g/mol. The molecule has 0 radical (unpaired) electrons. The molecule has 3 aromatic carbocycles. The first-order valence-corrected chi connectivity index (χ1v) is 13.3. The number of pyridine rings is 1. The van der Waals surface area contributed by atoms with E-state index in [2.05, 4.69) is 10.3 Å². The molecular formula is C34H31FN2O6. The zero-order chi connectivity index (χ0) is 31.1. The van der Waals surface area contributed by atoms with Gasteiger partial charge < -0.3 is 19.5 Å². The van der Waals surface area contributed by atoms with Gasteiger partial charge in [0.2, 0.25) is 0 Å². The maximum atomic E-state index is 15.6. The third kappa shape index (κ3) is 6.52. The number of hydrogen-bond acceptors (Lipinski definition) is 7. The number of carbonyl (C=O) groups is 3. The highest BCUT2D eigenvalue weighted by Gasteiger charge is 2.17. The van der Waals surface area contributed by atoms with Crippen molar-refractivity contribution in [3.63, 3.8) is 0 Å². The standard InChI is InChI=1S/C34H31FN2O6/c1-20-22(12-29(35)23-14-32(42-4)28(18-39)33(15-23)43-5)8-6-9-26(20)27-10-7-11-30(21(27)2)37-34(40)31-13-24(19-41-3)25(17-38)16-36-31/h6-18H,19H2,1-5H3,(H,37,40)/b29-12-. The molecule has 0 unspecified atom stereocenters. The van der Waals surface area contributed by atoms with E-state index in [0.29, 0.717) is 35.0 Å². The first-order chi connectivity index (χ1) is 20.8. The van der Waals surface area contributed by atoms with Gasteiger partial charge in [-0.15, -0.1) is 0 Å². The molecule has 8 nitrogen and oxygen atoms in total. The summed E-state index contributed by atoms with van der Waals surface area (Å²) < 4.78 is 31.2. The summed E-state index contributed by atoms with van der Waals surface area (Å²) in [7, 11) is 4.31. The number of aldehydes is 2. The Morgan fingerprint density at radius 2 is 1.53 bits per heavy atom. The van der Waals surface area contributed by atoms with Gasteiger partial charge in [-0.05, 0) is 77.6 Å². The quantitative estimate of drug-likeness (QED) is 0.152. The molecule has 0 fully saturated rings. The topological polar surface area (TPSA) is 104 Å². The van der Waals surface area contributed by atoms with Gasteiger partial charge in [0, 0.05) is 30.1 Å². The van der Waals surface area contributed by atoms with Gasteiger partial charge in [-0.2, -0.15) is 0 Å². The molecule has 43 heavy (non-hydrogen) atoms. The second-order valence-corrected chi connectivity index (χ2v) is 9.68. The van der Waals surface area contributed by atoms with Crippen LogP contribution in [0.3, 0.4) is 0 Å². The number of hydrogen-bond donors (Lipinski definition) is 1.